The van der Waals surface area contributed by atoms with Crippen molar-refractivity contribution in [2.75, 3.05) is 31.1 Å². The van der Waals surface area contributed by atoms with E-state index in [4.69, 9.17) is 0 Å². The first-order chi connectivity index (χ1) is 13.6. The molecule has 2 fully saturated rings. The van der Waals surface area contributed by atoms with Gasteiger partial charge < -0.3 is 15.1 Å². The molecular formula is C21H27N3O3S. The standard InChI is InChI=1S/C21H27N3O3S/c25-18-15-23(14-17-13-22-20(28-17)24-9-4-5-10-24)11-8-21(18,19(26)27)12-16-6-2-1-3-7-16/h1-3,6-7,13,18,25H,4-5,8-12,14-15H2,(H,26,27)/t18-,21+/m0/s1. The number of aliphatic hydroxyl groups excluding tert-OH is 1. The van der Waals surface area contributed by atoms with E-state index in [2.05, 4.69) is 14.8 Å². The Balaban J connectivity index is 1.41. The summed E-state index contributed by atoms with van der Waals surface area (Å²) >= 11 is 1.71. The maximum atomic E-state index is 12.1. The number of β-amino-alcohol motifs (C(OH)–C–C–N with tert-alkyl or cyclic N) is 1. The molecule has 150 valence electrons. The first-order valence-corrected chi connectivity index (χ1v) is 10.8. The molecule has 0 saturated carbocycles. The van der Waals surface area contributed by atoms with E-state index < -0.39 is 17.5 Å². The van der Waals surface area contributed by atoms with Crippen LogP contribution in [0.1, 0.15) is 29.7 Å². The quantitative estimate of drug-likeness (QED) is 0.775. The number of hydrogen-bond donors (Lipinski definition) is 2. The molecule has 0 spiro atoms. The van der Waals surface area contributed by atoms with Gasteiger partial charge in [-0.2, -0.15) is 0 Å². The highest BCUT2D eigenvalue weighted by Crippen LogP contribution is 2.37. The van der Waals surface area contributed by atoms with Crippen LogP contribution >= 0.6 is 11.3 Å². The normalized spacial score (nSPS) is 25.9. The van der Waals surface area contributed by atoms with Crippen LogP contribution in [-0.2, 0) is 17.8 Å². The largest absolute Gasteiger partial charge is 0.481 e. The van der Waals surface area contributed by atoms with Gasteiger partial charge in [0.1, 0.15) is 5.41 Å². The van der Waals surface area contributed by atoms with E-state index in [1.54, 1.807) is 11.3 Å². The van der Waals surface area contributed by atoms with Gasteiger partial charge in [0.05, 0.1) is 6.10 Å². The van der Waals surface area contributed by atoms with Gasteiger partial charge in [-0.15, -0.1) is 11.3 Å². The van der Waals surface area contributed by atoms with E-state index in [0.29, 0.717) is 32.5 Å². The monoisotopic (exact) mass is 401 g/mol. The molecule has 2 aliphatic heterocycles. The number of carbonyl (C=O) groups is 1. The molecule has 7 heteroatoms. The van der Waals surface area contributed by atoms with Gasteiger partial charge in [0.15, 0.2) is 5.13 Å². The van der Waals surface area contributed by atoms with E-state index in [0.717, 1.165) is 23.8 Å². The molecule has 1 aromatic heterocycles. The summed E-state index contributed by atoms with van der Waals surface area (Å²) in [5.41, 5.74) is -0.165. The summed E-state index contributed by atoms with van der Waals surface area (Å²) in [7, 11) is 0. The number of aliphatic carboxylic acids is 1. The van der Waals surface area contributed by atoms with Gasteiger partial charge in [-0.25, -0.2) is 4.98 Å². The van der Waals surface area contributed by atoms with E-state index >= 15 is 0 Å². The number of hydrogen-bond acceptors (Lipinski definition) is 6. The number of piperidine rings is 1. The molecule has 0 amide bonds. The average Bonchev–Trinajstić information content (AvgIpc) is 3.36. The number of anilines is 1. The highest BCUT2D eigenvalue weighted by molar-refractivity contribution is 7.15. The van der Waals surface area contributed by atoms with E-state index in [1.165, 1.54) is 17.7 Å². The molecule has 28 heavy (non-hydrogen) atoms. The summed E-state index contributed by atoms with van der Waals surface area (Å²) in [5.74, 6) is -0.905. The molecule has 2 N–H and O–H groups in total. The molecule has 1 aromatic carbocycles. The molecule has 0 bridgehead atoms. The number of rotatable bonds is 6. The number of likely N-dealkylation sites (tertiary alicyclic amines) is 1. The minimum Gasteiger partial charge on any atom is -0.481 e. The van der Waals surface area contributed by atoms with Crippen molar-refractivity contribution in [1.29, 1.82) is 0 Å². The fraction of sp³-hybridized carbons (Fsp3) is 0.524. The van der Waals surface area contributed by atoms with Crippen molar-refractivity contribution < 1.29 is 15.0 Å². The van der Waals surface area contributed by atoms with Gasteiger partial charge in [-0.3, -0.25) is 9.69 Å². The summed E-state index contributed by atoms with van der Waals surface area (Å²) < 4.78 is 0. The van der Waals surface area contributed by atoms with Gasteiger partial charge in [-0.1, -0.05) is 30.3 Å². The van der Waals surface area contributed by atoms with E-state index in [9.17, 15) is 15.0 Å². The maximum Gasteiger partial charge on any atom is 0.312 e. The van der Waals surface area contributed by atoms with E-state index in [1.807, 2.05) is 36.5 Å². The third-order valence-electron chi connectivity index (χ3n) is 6.03. The second kappa shape index (κ2) is 8.19. The van der Waals surface area contributed by atoms with Crippen LogP contribution in [0.3, 0.4) is 0 Å². The Morgan fingerprint density at radius 3 is 2.64 bits per heavy atom. The van der Waals surface area contributed by atoms with Crippen molar-refractivity contribution in [1.82, 2.24) is 9.88 Å². The van der Waals surface area contributed by atoms with Crippen LogP contribution in [0, 0.1) is 5.41 Å². The Hall–Kier alpha value is -1.96. The Morgan fingerprint density at radius 2 is 1.96 bits per heavy atom. The van der Waals surface area contributed by atoms with Crippen molar-refractivity contribution in [3.8, 4) is 0 Å². The summed E-state index contributed by atoms with van der Waals surface area (Å²) in [4.78, 5) is 22.3. The van der Waals surface area contributed by atoms with Crippen LogP contribution in [-0.4, -0.2) is 58.3 Å². The highest BCUT2D eigenvalue weighted by Gasteiger charge is 2.48. The number of aliphatic hydroxyl groups is 1. The van der Waals surface area contributed by atoms with Crippen molar-refractivity contribution in [3.63, 3.8) is 0 Å². The zero-order valence-electron chi connectivity index (χ0n) is 16.0. The predicted molar refractivity (Wildman–Crippen MR) is 110 cm³/mol. The van der Waals surface area contributed by atoms with E-state index in [-0.39, 0.29) is 0 Å². The Bertz CT molecular complexity index is 806. The lowest BCUT2D eigenvalue weighted by molar-refractivity contribution is -0.163. The minimum atomic E-state index is -1.12. The van der Waals surface area contributed by atoms with Crippen LogP contribution in [0.25, 0.3) is 0 Å². The predicted octanol–water partition coefficient (Wildman–Crippen LogP) is 2.62. The van der Waals surface area contributed by atoms with Crippen LogP contribution in [0.2, 0.25) is 0 Å². The van der Waals surface area contributed by atoms with Crippen molar-refractivity contribution in [2.45, 2.75) is 38.3 Å². The number of nitrogens with zero attached hydrogens (tertiary/aromatic N) is 3. The Labute approximate surface area is 169 Å². The molecule has 0 unspecified atom stereocenters. The summed E-state index contributed by atoms with van der Waals surface area (Å²) in [6.07, 6.45) is 4.28. The zero-order valence-corrected chi connectivity index (χ0v) is 16.8. The van der Waals surface area contributed by atoms with Gasteiger partial charge in [0.2, 0.25) is 0 Å². The van der Waals surface area contributed by atoms with Crippen molar-refractivity contribution >= 4 is 22.4 Å². The molecular weight excluding hydrogens is 374 g/mol. The lowest BCUT2D eigenvalue weighted by Crippen LogP contribution is -2.55. The third-order valence-corrected chi connectivity index (χ3v) is 7.07. The summed E-state index contributed by atoms with van der Waals surface area (Å²) in [5, 5.41) is 21.8. The van der Waals surface area contributed by atoms with Gasteiger partial charge in [0.25, 0.3) is 0 Å². The van der Waals surface area contributed by atoms with Crippen LogP contribution in [0.4, 0.5) is 5.13 Å². The minimum absolute atomic E-state index is 0.359. The summed E-state index contributed by atoms with van der Waals surface area (Å²) in [6, 6.07) is 9.60. The topological polar surface area (TPSA) is 76.9 Å². The van der Waals surface area contributed by atoms with Crippen LogP contribution < -0.4 is 4.90 Å². The maximum absolute atomic E-state index is 12.1. The number of carboxylic acids is 1. The SMILES string of the molecule is O=C(O)[C@@]1(Cc2ccccc2)CCN(Cc2cnc(N3CCCC3)s2)C[C@@H]1O. The van der Waals surface area contributed by atoms with Gasteiger partial charge in [-0.05, 0) is 37.8 Å². The fourth-order valence-corrected chi connectivity index (χ4v) is 5.32. The average molecular weight is 402 g/mol. The molecule has 6 nitrogen and oxygen atoms in total. The van der Waals surface area contributed by atoms with Gasteiger partial charge in [0, 0.05) is 37.3 Å². The highest BCUT2D eigenvalue weighted by atomic mass is 32.1. The molecule has 2 saturated heterocycles. The second-order valence-corrected chi connectivity index (χ2v) is 9.02. The lowest BCUT2D eigenvalue weighted by Gasteiger charge is -2.42. The Morgan fingerprint density at radius 1 is 1.21 bits per heavy atom. The first kappa shape index (κ1) is 19.4. The molecule has 0 radical (unpaired) electrons. The van der Waals surface area contributed by atoms with Gasteiger partial charge >= 0.3 is 5.97 Å². The molecule has 2 aromatic rings. The fourth-order valence-electron chi connectivity index (χ4n) is 4.32. The number of benzene rings is 1. The number of aromatic nitrogens is 1. The van der Waals surface area contributed by atoms with Crippen molar-refractivity contribution in [2.24, 2.45) is 5.41 Å². The smallest absolute Gasteiger partial charge is 0.312 e. The van der Waals surface area contributed by atoms with Crippen LogP contribution in [0.15, 0.2) is 36.5 Å². The number of carboxylic acid groups (broad SMARTS) is 1. The van der Waals surface area contributed by atoms with Crippen molar-refractivity contribution in [3.05, 3.63) is 47.0 Å². The molecule has 0 aliphatic carbocycles. The number of thiazole rings is 1. The molecule has 2 atom stereocenters. The second-order valence-electron chi connectivity index (χ2n) is 7.93. The molecule has 4 rings (SSSR count). The lowest BCUT2D eigenvalue weighted by atomic mass is 9.71. The molecule has 2 aliphatic rings. The Kier molecular flexibility index (Phi) is 5.66. The van der Waals surface area contributed by atoms with Crippen LogP contribution in [0.5, 0.6) is 0 Å². The first-order valence-electron chi connectivity index (χ1n) is 9.94. The molecule has 3 heterocycles. The third kappa shape index (κ3) is 3.92. The summed E-state index contributed by atoms with van der Waals surface area (Å²) in [6.45, 7) is 3.90. The zero-order chi connectivity index (χ0) is 19.6.